The molecule has 0 bridgehead atoms. The van der Waals surface area contributed by atoms with Crippen LogP contribution in [0.15, 0.2) is 0 Å². The first-order chi connectivity index (χ1) is 12.8. The second-order valence-corrected chi connectivity index (χ2v) is 5.95. The Morgan fingerprint density at radius 1 is 1.00 bits per heavy atom. The molecule has 11 heteroatoms. The van der Waals surface area contributed by atoms with E-state index in [0.29, 0.717) is 13.0 Å². The highest BCUT2D eigenvalue weighted by molar-refractivity contribution is 5.87. The van der Waals surface area contributed by atoms with E-state index in [0.717, 1.165) is 0 Å². The number of amides is 2. The van der Waals surface area contributed by atoms with Crippen LogP contribution < -0.4 is 27.0 Å². The van der Waals surface area contributed by atoms with Crippen LogP contribution in [-0.4, -0.2) is 78.8 Å². The number of nitrogens with two attached hydrogens (primary N) is 1. The Kier molecular flexibility index (Phi) is 12.7. The third kappa shape index (κ3) is 10.5. The summed E-state index contributed by atoms with van der Waals surface area (Å²) in [6, 6.07) is -2.43. The predicted molar refractivity (Wildman–Crippen MR) is 98.0 cm³/mol. The Morgan fingerprint density at radius 2 is 1.67 bits per heavy atom. The topological polar surface area (TPSA) is 183 Å². The number of carboxylic acid groups (broad SMARTS) is 2. The molecular formula is C16H31N5O6. The predicted octanol–water partition coefficient (Wildman–Crippen LogP) is -2.16. The number of rotatable bonds is 15. The highest BCUT2D eigenvalue weighted by Gasteiger charge is 2.24. The lowest BCUT2D eigenvalue weighted by atomic mass is 10.1. The fraction of sp³-hybridized carbons (Fsp3) is 0.750. The normalized spacial score (nSPS) is 14.0. The van der Waals surface area contributed by atoms with E-state index in [9.17, 15) is 24.3 Å². The van der Waals surface area contributed by atoms with Crippen molar-refractivity contribution in [2.24, 2.45) is 5.73 Å². The first-order valence-corrected chi connectivity index (χ1v) is 8.90. The fourth-order valence-corrected chi connectivity index (χ4v) is 2.37. The molecule has 156 valence electrons. The Balaban J connectivity index is 4.44. The van der Waals surface area contributed by atoms with Gasteiger partial charge >= 0.3 is 11.9 Å². The number of likely N-dealkylation sites (N-methyl/N-ethyl adjacent to an activating group) is 2. The Labute approximate surface area is 158 Å². The minimum absolute atomic E-state index is 0.0466. The zero-order chi connectivity index (χ0) is 20.8. The first kappa shape index (κ1) is 24.8. The van der Waals surface area contributed by atoms with Crippen LogP contribution >= 0.6 is 0 Å². The van der Waals surface area contributed by atoms with Gasteiger partial charge in [-0.3, -0.25) is 14.4 Å². The lowest BCUT2D eigenvalue weighted by Gasteiger charge is -2.20. The molecule has 27 heavy (non-hydrogen) atoms. The van der Waals surface area contributed by atoms with Crippen molar-refractivity contribution in [3.8, 4) is 0 Å². The number of carboxylic acids is 2. The maximum Gasteiger partial charge on any atom is 0.326 e. The van der Waals surface area contributed by atoms with Crippen LogP contribution in [0.4, 0.5) is 0 Å². The summed E-state index contributed by atoms with van der Waals surface area (Å²) in [7, 11) is 1.50. The van der Waals surface area contributed by atoms with E-state index in [-0.39, 0.29) is 38.3 Å². The molecule has 0 aliphatic heterocycles. The highest BCUT2D eigenvalue weighted by atomic mass is 16.4. The minimum Gasteiger partial charge on any atom is -0.481 e. The van der Waals surface area contributed by atoms with Gasteiger partial charge < -0.3 is 37.2 Å². The van der Waals surface area contributed by atoms with Gasteiger partial charge in [-0.25, -0.2) is 4.79 Å². The maximum atomic E-state index is 12.1. The van der Waals surface area contributed by atoms with Crippen LogP contribution in [0, 0.1) is 0 Å². The van der Waals surface area contributed by atoms with Gasteiger partial charge in [-0.15, -0.1) is 0 Å². The monoisotopic (exact) mass is 389 g/mol. The molecule has 0 aromatic rings. The summed E-state index contributed by atoms with van der Waals surface area (Å²) in [5.74, 6) is -3.08. The van der Waals surface area contributed by atoms with Crippen molar-refractivity contribution >= 4 is 23.8 Å². The molecule has 0 rings (SSSR count). The molecule has 0 spiro atoms. The van der Waals surface area contributed by atoms with Crippen LogP contribution in [-0.2, 0) is 19.2 Å². The van der Waals surface area contributed by atoms with Crippen molar-refractivity contribution in [1.82, 2.24) is 21.3 Å². The van der Waals surface area contributed by atoms with Crippen LogP contribution in [0.1, 0.15) is 32.6 Å². The molecule has 11 nitrogen and oxygen atoms in total. The summed E-state index contributed by atoms with van der Waals surface area (Å²) in [5, 5.41) is 28.6. The molecule has 0 fully saturated rings. The molecule has 0 radical (unpaired) electrons. The van der Waals surface area contributed by atoms with E-state index in [2.05, 4.69) is 21.3 Å². The van der Waals surface area contributed by atoms with Crippen molar-refractivity contribution in [2.75, 3.05) is 26.7 Å². The quantitative estimate of drug-likeness (QED) is 0.153. The average Bonchev–Trinajstić information content (AvgIpc) is 2.61. The lowest BCUT2D eigenvalue weighted by Crippen LogP contribution is -2.50. The van der Waals surface area contributed by atoms with E-state index in [4.69, 9.17) is 10.8 Å². The zero-order valence-electron chi connectivity index (χ0n) is 15.8. The van der Waals surface area contributed by atoms with Gasteiger partial charge in [0.05, 0.1) is 12.1 Å². The molecule has 0 aliphatic rings. The largest absolute Gasteiger partial charge is 0.481 e. The molecular weight excluding hydrogens is 358 g/mol. The van der Waals surface area contributed by atoms with Crippen molar-refractivity contribution in [3.05, 3.63) is 0 Å². The smallest absolute Gasteiger partial charge is 0.326 e. The second-order valence-electron chi connectivity index (χ2n) is 5.95. The molecule has 8 N–H and O–H groups in total. The first-order valence-electron chi connectivity index (χ1n) is 8.90. The molecule has 3 atom stereocenters. The van der Waals surface area contributed by atoms with E-state index in [1.807, 2.05) is 6.92 Å². The SMILES string of the molecule is CCN[C@@H](CN)C(=O)NCCCC(NC(=O)[C@H](CCC(=O)O)NC)C(=O)O. The van der Waals surface area contributed by atoms with E-state index in [1.165, 1.54) is 7.05 Å². The van der Waals surface area contributed by atoms with Crippen LogP contribution in [0.3, 0.4) is 0 Å². The van der Waals surface area contributed by atoms with Gasteiger partial charge in [-0.1, -0.05) is 6.92 Å². The number of aliphatic carboxylic acids is 2. The number of nitrogens with one attached hydrogen (secondary N) is 4. The Morgan fingerprint density at radius 3 is 2.15 bits per heavy atom. The summed E-state index contributed by atoms with van der Waals surface area (Å²) in [4.78, 5) is 45.9. The second kappa shape index (κ2) is 13.9. The molecule has 0 aromatic carbocycles. The van der Waals surface area contributed by atoms with Crippen molar-refractivity contribution in [2.45, 2.75) is 50.7 Å². The molecule has 1 unspecified atom stereocenters. The summed E-state index contributed by atoms with van der Waals surface area (Å²) in [5.41, 5.74) is 5.50. The fourth-order valence-electron chi connectivity index (χ4n) is 2.37. The van der Waals surface area contributed by atoms with Crippen molar-refractivity contribution in [3.63, 3.8) is 0 Å². The molecule has 0 saturated heterocycles. The van der Waals surface area contributed by atoms with Gasteiger partial charge in [0.2, 0.25) is 11.8 Å². The van der Waals surface area contributed by atoms with Gasteiger partial charge in [-0.05, 0) is 32.9 Å². The molecule has 0 aliphatic carbocycles. The number of carbonyl (C=O) groups excluding carboxylic acids is 2. The Bertz CT molecular complexity index is 502. The van der Waals surface area contributed by atoms with Gasteiger partial charge in [0.15, 0.2) is 0 Å². The highest BCUT2D eigenvalue weighted by Crippen LogP contribution is 2.02. The number of hydrogen-bond donors (Lipinski definition) is 7. The molecule has 0 saturated carbocycles. The average molecular weight is 389 g/mol. The minimum atomic E-state index is -1.20. The zero-order valence-corrected chi connectivity index (χ0v) is 15.8. The van der Waals surface area contributed by atoms with Crippen LogP contribution in [0.5, 0.6) is 0 Å². The number of hydrogen-bond acceptors (Lipinski definition) is 7. The maximum absolute atomic E-state index is 12.1. The van der Waals surface area contributed by atoms with Gasteiger partial charge in [0.1, 0.15) is 6.04 Å². The third-order valence-corrected chi connectivity index (χ3v) is 3.90. The van der Waals surface area contributed by atoms with Crippen LogP contribution in [0.25, 0.3) is 0 Å². The molecule has 2 amide bonds. The van der Waals surface area contributed by atoms with Crippen LogP contribution in [0.2, 0.25) is 0 Å². The summed E-state index contributed by atoms with van der Waals surface area (Å²) < 4.78 is 0. The Hall–Kier alpha value is -2.24. The lowest BCUT2D eigenvalue weighted by molar-refractivity contribution is -0.142. The van der Waals surface area contributed by atoms with E-state index in [1.54, 1.807) is 0 Å². The summed E-state index contributed by atoms with van der Waals surface area (Å²) in [6.45, 7) is 2.84. The van der Waals surface area contributed by atoms with E-state index >= 15 is 0 Å². The molecule has 0 aromatic heterocycles. The van der Waals surface area contributed by atoms with E-state index < -0.39 is 36.0 Å². The summed E-state index contributed by atoms with van der Waals surface area (Å²) >= 11 is 0. The van der Waals surface area contributed by atoms with Gasteiger partial charge in [-0.2, -0.15) is 0 Å². The van der Waals surface area contributed by atoms with Crippen molar-refractivity contribution < 1.29 is 29.4 Å². The van der Waals surface area contributed by atoms with Gasteiger partial charge in [0, 0.05) is 19.5 Å². The summed E-state index contributed by atoms with van der Waals surface area (Å²) in [6.07, 6.45) is 0.290. The number of carbonyl (C=O) groups is 4. The third-order valence-electron chi connectivity index (χ3n) is 3.90. The van der Waals surface area contributed by atoms with Crippen molar-refractivity contribution in [1.29, 1.82) is 0 Å². The van der Waals surface area contributed by atoms with Gasteiger partial charge in [0.25, 0.3) is 0 Å². The molecule has 0 heterocycles. The standard InChI is InChI=1S/C16H31N5O6/c1-3-19-12(9-17)14(24)20-8-4-5-11(16(26)27)21-15(25)10(18-2)6-7-13(22)23/h10-12,18-19H,3-9,17H2,1-2H3,(H,20,24)(H,21,25)(H,22,23)(H,26,27)/t10-,11?,12-/m0/s1.